The maximum Gasteiger partial charge on any atom is 0.126 e. The number of aliphatic hydroxyl groups is 1. The molecular formula is C16H25FN2O2. The topological polar surface area (TPSA) is 58.7 Å². The molecule has 1 aliphatic heterocycles. The molecule has 0 aromatic heterocycles. The van der Waals surface area contributed by atoms with Crippen LogP contribution in [0.2, 0.25) is 0 Å². The second kappa shape index (κ2) is 7.20. The van der Waals surface area contributed by atoms with Crippen molar-refractivity contribution < 1.29 is 14.2 Å². The first-order chi connectivity index (χ1) is 10.0. The normalized spacial score (nSPS) is 18.0. The SMILES string of the molecule is Cc1cc(N2CCC(OCCO)CC2)c(C(C)N)cc1F. The highest BCUT2D eigenvalue weighted by molar-refractivity contribution is 5.57. The third-order valence-corrected chi connectivity index (χ3v) is 4.03. The molecule has 0 bridgehead atoms. The summed E-state index contributed by atoms with van der Waals surface area (Å²) in [7, 11) is 0. The van der Waals surface area contributed by atoms with Gasteiger partial charge in [0.1, 0.15) is 5.82 Å². The molecule has 1 fully saturated rings. The Balaban J connectivity index is 2.11. The Labute approximate surface area is 125 Å². The van der Waals surface area contributed by atoms with Gasteiger partial charge in [-0.15, -0.1) is 0 Å². The molecule has 1 aliphatic rings. The van der Waals surface area contributed by atoms with Crippen molar-refractivity contribution in [2.24, 2.45) is 5.73 Å². The minimum absolute atomic E-state index is 0.0617. The molecule has 1 heterocycles. The summed E-state index contributed by atoms with van der Waals surface area (Å²) in [5.41, 5.74) is 8.52. The second-order valence-electron chi connectivity index (χ2n) is 5.73. The number of hydrogen-bond donors (Lipinski definition) is 2. The van der Waals surface area contributed by atoms with E-state index in [0.29, 0.717) is 12.2 Å². The summed E-state index contributed by atoms with van der Waals surface area (Å²) in [5.74, 6) is -0.202. The molecule has 1 saturated heterocycles. The van der Waals surface area contributed by atoms with E-state index in [4.69, 9.17) is 15.6 Å². The Morgan fingerprint density at radius 1 is 1.43 bits per heavy atom. The Kier molecular flexibility index (Phi) is 5.56. The van der Waals surface area contributed by atoms with Gasteiger partial charge in [-0.2, -0.15) is 0 Å². The fraction of sp³-hybridized carbons (Fsp3) is 0.625. The van der Waals surface area contributed by atoms with E-state index in [1.807, 2.05) is 13.0 Å². The van der Waals surface area contributed by atoms with Crippen LogP contribution in [0.5, 0.6) is 0 Å². The summed E-state index contributed by atoms with van der Waals surface area (Å²) in [6.07, 6.45) is 2.03. The van der Waals surface area contributed by atoms with E-state index in [0.717, 1.165) is 37.2 Å². The molecule has 0 amide bonds. The Morgan fingerprint density at radius 3 is 2.67 bits per heavy atom. The van der Waals surface area contributed by atoms with Crippen LogP contribution < -0.4 is 10.6 Å². The van der Waals surface area contributed by atoms with Crippen LogP contribution in [-0.2, 0) is 4.74 Å². The predicted molar refractivity (Wildman–Crippen MR) is 82.0 cm³/mol. The van der Waals surface area contributed by atoms with Crippen LogP contribution in [0.1, 0.15) is 36.9 Å². The third-order valence-electron chi connectivity index (χ3n) is 4.03. The van der Waals surface area contributed by atoms with Crippen molar-refractivity contribution in [3.63, 3.8) is 0 Å². The number of nitrogens with zero attached hydrogens (tertiary/aromatic N) is 1. The predicted octanol–water partition coefficient (Wildman–Crippen LogP) is 2.13. The number of nitrogens with two attached hydrogens (primary N) is 1. The number of benzene rings is 1. The van der Waals surface area contributed by atoms with E-state index in [-0.39, 0.29) is 24.6 Å². The molecule has 21 heavy (non-hydrogen) atoms. The Morgan fingerprint density at radius 2 is 2.10 bits per heavy atom. The molecule has 0 aliphatic carbocycles. The number of hydrogen-bond acceptors (Lipinski definition) is 4. The molecular weight excluding hydrogens is 271 g/mol. The zero-order valence-electron chi connectivity index (χ0n) is 12.8. The van der Waals surface area contributed by atoms with Gasteiger partial charge in [-0.1, -0.05) is 0 Å². The summed E-state index contributed by atoms with van der Waals surface area (Å²) in [6, 6.07) is 3.26. The standard InChI is InChI=1S/C16H25FN2O2/c1-11-9-16(14(12(2)18)10-15(11)17)19-5-3-13(4-6-19)21-8-7-20/h9-10,12-13,20H,3-8,18H2,1-2H3. The lowest BCUT2D eigenvalue weighted by atomic mass is 10.00. The minimum atomic E-state index is -0.202. The van der Waals surface area contributed by atoms with E-state index in [1.54, 1.807) is 13.0 Å². The third kappa shape index (κ3) is 3.93. The van der Waals surface area contributed by atoms with Crippen molar-refractivity contribution in [3.05, 3.63) is 29.1 Å². The molecule has 1 aromatic carbocycles. The van der Waals surface area contributed by atoms with E-state index < -0.39 is 0 Å². The number of piperidine rings is 1. The summed E-state index contributed by atoms with van der Waals surface area (Å²) in [4.78, 5) is 2.25. The van der Waals surface area contributed by atoms with Gasteiger partial charge in [-0.05, 0) is 49.9 Å². The quantitative estimate of drug-likeness (QED) is 0.874. The van der Waals surface area contributed by atoms with Crippen molar-refractivity contribution in [1.29, 1.82) is 0 Å². The first kappa shape index (κ1) is 16.2. The largest absolute Gasteiger partial charge is 0.394 e. The average Bonchev–Trinajstić information content (AvgIpc) is 2.48. The van der Waals surface area contributed by atoms with Crippen LogP contribution in [-0.4, -0.2) is 37.5 Å². The van der Waals surface area contributed by atoms with Gasteiger partial charge in [0.2, 0.25) is 0 Å². The summed E-state index contributed by atoms with van der Waals surface area (Å²) in [6.45, 7) is 5.84. The molecule has 3 N–H and O–H groups in total. The van der Waals surface area contributed by atoms with Crippen molar-refractivity contribution in [2.75, 3.05) is 31.2 Å². The highest BCUT2D eigenvalue weighted by atomic mass is 19.1. The van der Waals surface area contributed by atoms with Gasteiger partial charge in [0.05, 0.1) is 19.3 Å². The van der Waals surface area contributed by atoms with Gasteiger partial charge in [-0.3, -0.25) is 0 Å². The number of aryl methyl sites for hydroxylation is 1. The fourth-order valence-electron chi connectivity index (χ4n) is 2.80. The van der Waals surface area contributed by atoms with Crippen LogP contribution in [0, 0.1) is 12.7 Å². The highest BCUT2D eigenvalue weighted by Crippen LogP contribution is 2.30. The van der Waals surface area contributed by atoms with Crippen LogP contribution in [0.4, 0.5) is 10.1 Å². The van der Waals surface area contributed by atoms with Crippen molar-refractivity contribution >= 4 is 5.69 Å². The Hall–Kier alpha value is -1.17. The molecule has 5 heteroatoms. The number of anilines is 1. The molecule has 118 valence electrons. The van der Waals surface area contributed by atoms with Crippen LogP contribution in [0.15, 0.2) is 12.1 Å². The minimum Gasteiger partial charge on any atom is -0.394 e. The van der Waals surface area contributed by atoms with E-state index in [2.05, 4.69) is 4.90 Å². The maximum atomic E-state index is 13.8. The van der Waals surface area contributed by atoms with Crippen molar-refractivity contribution in [1.82, 2.24) is 0 Å². The molecule has 0 radical (unpaired) electrons. The lowest BCUT2D eigenvalue weighted by molar-refractivity contribution is 0.0159. The highest BCUT2D eigenvalue weighted by Gasteiger charge is 2.23. The van der Waals surface area contributed by atoms with Crippen LogP contribution in [0.3, 0.4) is 0 Å². The van der Waals surface area contributed by atoms with Gasteiger partial charge < -0.3 is 20.5 Å². The first-order valence-corrected chi connectivity index (χ1v) is 7.56. The lowest BCUT2D eigenvalue weighted by Crippen LogP contribution is -2.38. The number of halogens is 1. The number of rotatable bonds is 5. The van der Waals surface area contributed by atoms with Crippen LogP contribution in [0.25, 0.3) is 0 Å². The van der Waals surface area contributed by atoms with Crippen molar-refractivity contribution in [2.45, 2.75) is 38.8 Å². The van der Waals surface area contributed by atoms with Gasteiger partial charge in [0.15, 0.2) is 0 Å². The van der Waals surface area contributed by atoms with Gasteiger partial charge >= 0.3 is 0 Å². The molecule has 0 spiro atoms. The monoisotopic (exact) mass is 296 g/mol. The number of ether oxygens (including phenoxy) is 1. The smallest absolute Gasteiger partial charge is 0.126 e. The van der Waals surface area contributed by atoms with Gasteiger partial charge in [0.25, 0.3) is 0 Å². The maximum absolute atomic E-state index is 13.8. The summed E-state index contributed by atoms with van der Waals surface area (Å²) in [5, 5.41) is 8.80. The number of aliphatic hydroxyl groups excluding tert-OH is 1. The van der Waals surface area contributed by atoms with Gasteiger partial charge in [-0.25, -0.2) is 4.39 Å². The van der Waals surface area contributed by atoms with E-state index in [1.165, 1.54) is 0 Å². The molecule has 1 atom stereocenters. The first-order valence-electron chi connectivity index (χ1n) is 7.56. The molecule has 2 rings (SSSR count). The van der Waals surface area contributed by atoms with E-state index in [9.17, 15) is 4.39 Å². The average molecular weight is 296 g/mol. The molecule has 0 saturated carbocycles. The zero-order valence-corrected chi connectivity index (χ0v) is 12.8. The molecule has 4 nitrogen and oxygen atoms in total. The summed E-state index contributed by atoms with van der Waals surface area (Å²) < 4.78 is 19.3. The van der Waals surface area contributed by atoms with Crippen LogP contribution >= 0.6 is 0 Å². The lowest BCUT2D eigenvalue weighted by Gasteiger charge is -2.35. The van der Waals surface area contributed by atoms with Gasteiger partial charge in [0, 0.05) is 24.8 Å². The second-order valence-corrected chi connectivity index (χ2v) is 5.73. The fourth-order valence-corrected chi connectivity index (χ4v) is 2.80. The molecule has 1 unspecified atom stereocenters. The van der Waals surface area contributed by atoms with E-state index >= 15 is 0 Å². The molecule has 1 aromatic rings. The Bertz CT molecular complexity index is 472. The summed E-state index contributed by atoms with van der Waals surface area (Å²) >= 11 is 0. The van der Waals surface area contributed by atoms with Crippen molar-refractivity contribution in [3.8, 4) is 0 Å². The zero-order chi connectivity index (χ0) is 15.4.